The van der Waals surface area contributed by atoms with Crippen LogP contribution in [0.1, 0.15) is 6.92 Å². The molecule has 0 aromatic heterocycles. The third-order valence-electron chi connectivity index (χ3n) is 2.65. The topological polar surface area (TPSA) is 62.1 Å². The minimum absolute atomic E-state index is 0.0301. The van der Waals surface area contributed by atoms with E-state index in [0.717, 1.165) is 19.6 Å². The van der Waals surface area contributed by atoms with Gasteiger partial charge in [-0.2, -0.15) is 0 Å². The number of carboxylic acids is 1. The van der Waals surface area contributed by atoms with Crippen LogP contribution in [-0.4, -0.2) is 47.4 Å². The SMILES string of the molecule is CCN1CC2ON=C(C(=O)O)C2C1. The lowest BCUT2D eigenvalue weighted by Gasteiger charge is -2.11. The van der Waals surface area contributed by atoms with Crippen molar-refractivity contribution in [1.82, 2.24) is 4.90 Å². The summed E-state index contributed by atoms with van der Waals surface area (Å²) in [6.07, 6.45) is -0.0361. The molecule has 5 heteroatoms. The van der Waals surface area contributed by atoms with Crippen LogP contribution in [0, 0.1) is 5.92 Å². The zero-order valence-electron chi connectivity index (χ0n) is 7.43. The van der Waals surface area contributed by atoms with E-state index in [1.807, 2.05) is 0 Å². The number of fused-ring (bicyclic) bond motifs is 1. The van der Waals surface area contributed by atoms with E-state index >= 15 is 0 Å². The Hall–Kier alpha value is -1.10. The molecule has 0 aromatic carbocycles. The Labute approximate surface area is 76.0 Å². The van der Waals surface area contributed by atoms with E-state index in [1.54, 1.807) is 0 Å². The second-order valence-electron chi connectivity index (χ2n) is 3.38. The van der Waals surface area contributed by atoms with Crippen molar-refractivity contribution in [3.8, 4) is 0 Å². The number of oxime groups is 1. The molecule has 1 saturated heterocycles. The number of nitrogens with zero attached hydrogens (tertiary/aromatic N) is 2. The van der Waals surface area contributed by atoms with Crippen LogP contribution in [0.4, 0.5) is 0 Å². The fourth-order valence-corrected chi connectivity index (χ4v) is 1.87. The molecule has 72 valence electrons. The molecule has 0 amide bonds. The van der Waals surface area contributed by atoms with E-state index in [-0.39, 0.29) is 17.7 Å². The molecule has 5 nitrogen and oxygen atoms in total. The summed E-state index contributed by atoms with van der Waals surface area (Å²) in [6, 6.07) is 0. The molecule has 2 atom stereocenters. The Morgan fingerprint density at radius 3 is 3.15 bits per heavy atom. The van der Waals surface area contributed by atoms with Gasteiger partial charge in [0, 0.05) is 13.1 Å². The number of likely N-dealkylation sites (tertiary alicyclic amines) is 1. The van der Waals surface area contributed by atoms with Crippen molar-refractivity contribution in [1.29, 1.82) is 0 Å². The average Bonchev–Trinajstić information content (AvgIpc) is 2.59. The van der Waals surface area contributed by atoms with E-state index in [4.69, 9.17) is 9.94 Å². The molecule has 2 heterocycles. The Morgan fingerprint density at radius 2 is 2.54 bits per heavy atom. The lowest BCUT2D eigenvalue weighted by atomic mass is 10.0. The highest BCUT2D eigenvalue weighted by Gasteiger charge is 2.44. The Morgan fingerprint density at radius 1 is 1.77 bits per heavy atom. The molecule has 2 rings (SSSR count). The predicted molar refractivity (Wildman–Crippen MR) is 45.5 cm³/mol. The summed E-state index contributed by atoms with van der Waals surface area (Å²) in [4.78, 5) is 17.9. The molecule has 2 unspecified atom stereocenters. The number of carboxylic acid groups (broad SMARTS) is 1. The van der Waals surface area contributed by atoms with Gasteiger partial charge in [0.1, 0.15) is 6.10 Å². The zero-order chi connectivity index (χ0) is 9.42. The van der Waals surface area contributed by atoms with Gasteiger partial charge in [-0.3, -0.25) is 4.90 Å². The Kier molecular flexibility index (Phi) is 1.95. The van der Waals surface area contributed by atoms with Crippen LogP contribution < -0.4 is 0 Å². The molecule has 0 radical (unpaired) electrons. The highest BCUT2D eigenvalue weighted by atomic mass is 16.6. The normalized spacial score (nSPS) is 32.5. The monoisotopic (exact) mass is 184 g/mol. The first-order chi connectivity index (χ1) is 6.22. The maximum absolute atomic E-state index is 10.7. The summed E-state index contributed by atoms with van der Waals surface area (Å²) in [5, 5.41) is 12.4. The lowest BCUT2D eigenvalue weighted by Crippen LogP contribution is -2.27. The number of likely N-dealkylation sites (N-methyl/N-ethyl adjacent to an activating group) is 1. The Balaban J connectivity index is 2.09. The summed E-state index contributed by atoms with van der Waals surface area (Å²) in [5.74, 6) is -0.983. The standard InChI is InChI=1S/C8H12N2O3/c1-2-10-3-5-6(4-10)13-9-7(5)8(11)12/h5-6H,2-4H2,1H3,(H,11,12). The van der Waals surface area contributed by atoms with Gasteiger partial charge in [0.15, 0.2) is 5.71 Å². The molecule has 2 aliphatic rings. The van der Waals surface area contributed by atoms with Gasteiger partial charge in [-0.25, -0.2) is 4.79 Å². The third kappa shape index (κ3) is 1.29. The minimum atomic E-state index is -0.953. The largest absolute Gasteiger partial charge is 0.477 e. The molecule has 0 bridgehead atoms. The number of carbonyl (C=O) groups is 1. The van der Waals surface area contributed by atoms with Gasteiger partial charge in [-0.05, 0) is 6.54 Å². The van der Waals surface area contributed by atoms with Crippen LogP contribution in [0.15, 0.2) is 5.16 Å². The van der Waals surface area contributed by atoms with E-state index in [9.17, 15) is 4.79 Å². The summed E-state index contributed by atoms with van der Waals surface area (Å²) in [6.45, 7) is 4.54. The van der Waals surface area contributed by atoms with Gasteiger partial charge in [-0.1, -0.05) is 12.1 Å². The highest BCUT2D eigenvalue weighted by molar-refractivity contribution is 6.36. The second kappa shape index (κ2) is 2.99. The molecule has 0 aliphatic carbocycles. The number of hydrogen-bond acceptors (Lipinski definition) is 4. The summed E-state index contributed by atoms with van der Waals surface area (Å²) in [5.41, 5.74) is 0.181. The van der Waals surface area contributed by atoms with E-state index in [1.165, 1.54) is 0 Å². The lowest BCUT2D eigenvalue weighted by molar-refractivity contribution is -0.129. The van der Waals surface area contributed by atoms with E-state index < -0.39 is 5.97 Å². The van der Waals surface area contributed by atoms with E-state index in [0.29, 0.717) is 0 Å². The number of rotatable bonds is 2. The fourth-order valence-electron chi connectivity index (χ4n) is 1.87. The van der Waals surface area contributed by atoms with Crippen molar-refractivity contribution in [3.05, 3.63) is 0 Å². The van der Waals surface area contributed by atoms with Gasteiger partial charge < -0.3 is 9.94 Å². The first-order valence-corrected chi connectivity index (χ1v) is 4.41. The molecular formula is C8H12N2O3. The van der Waals surface area contributed by atoms with Crippen molar-refractivity contribution in [2.24, 2.45) is 11.1 Å². The molecule has 1 N–H and O–H groups in total. The smallest absolute Gasteiger partial charge is 0.354 e. The number of aliphatic carboxylic acids is 1. The van der Waals surface area contributed by atoms with Crippen molar-refractivity contribution in [3.63, 3.8) is 0 Å². The van der Waals surface area contributed by atoms with Crippen LogP contribution >= 0.6 is 0 Å². The van der Waals surface area contributed by atoms with Crippen molar-refractivity contribution in [2.45, 2.75) is 13.0 Å². The molecular weight excluding hydrogens is 172 g/mol. The van der Waals surface area contributed by atoms with Gasteiger partial charge in [0.05, 0.1) is 5.92 Å². The Bertz CT molecular complexity index is 264. The molecule has 2 aliphatic heterocycles. The minimum Gasteiger partial charge on any atom is -0.477 e. The highest BCUT2D eigenvalue weighted by Crippen LogP contribution is 2.26. The summed E-state index contributed by atoms with van der Waals surface area (Å²) >= 11 is 0. The van der Waals surface area contributed by atoms with Gasteiger partial charge >= 0.3 is 5.97 Å². The predicted octanol–water partition coefficient (Wildman–Crippen LogP) is -0.222. The maximum Gasteiger partial charge on any atom is 0.354 e. The third-order valence-corrected chi connectivity index (χ3v) is 2.65. The van der Waals surface area contributed by atoms with E-state index in [2.05, 4.69) is 17.0 Å². The summed E-state index contributed by atoms with van der Waals surface area (Å²) in [7, 11) is 0. The van der Waals surface area contributed by atoms with Crippen LogP contribution in [0.3, 0.4) is 0 Å². The quantitative estimate of drug-likeness (QED) is 0.644. The van der Waals surface area contributed by atoms with Crippen LogP contribution in [0.5, 0.6) is 0 Å². The summed E-state index contributed by atoms with van der Waals surface area (Å²) < 4.78 is 0. The van der Waals surface area contributed by atoms with Crippen molar-refractivity contribution in [2.75, 3.05) is 19.6 Å². The molecule has 13 heavy (non-hydrogen) atoms. The van der Waals surface area contributed by atoms with Crippen LogP contribution in [0.2, 0.25) is 0 Å². The maximum atomic E-state index is 10.7. The second-order valence-corrected chi connectivity index (χ2v) is 3.38. The molecule has 0 saturated carbocycles. The first-order valence-electron chi connectivity index (χ1n) is 4.41. The number of hydrogen-bond donors (Lipinski definition) is 1. The zero-order valence-corrected chi connectivity index (χ0v) is 7.43. The fraction of sp³-hybridized carbons (Fsp3) is 0.750. The van der Waals surface area contributed by atoms with Gasteiger partial charge in [-0.15, -0.1) is 0 Å². The van der Waals surface area contributed by atoms with Crippen LogP contribution in [0.25, 0.3) is 0 Å². The molecule has 0 spiro atoms. The van der Waals surface area contributed by atoms with Crippen molar-refractivity contribution >= 4 is 11.7 Å². The average molecular weight is 184 g/mol. The molecule has 1 fully saturated rings. The van der Waals surface area contributed by atoms with Gasteiger partial charge in [0.2, 0.25) is 0 Å². The first kappa shape index (κ1) is 8.50. The molecule has 0 aromatic rings. The van der Waals surface area contributed by atoms with Gasteiger partial charge in [0.25, 0.3) is 0 Å². The van der Waals surface area contributed by atoms with Crippen LogP contribution in [-0.2, 0) is 9.63 Å². The van der Waals surface area contributed by atoms with Crippen molar-refractivity contribution < 1.29 is 14.7 Å².